The van der Waals surface area contributed by atoms with Crippen molar-refractivity contribution in [2.75, 3.05) is 6.61 Å². The van der Waals surface area contributed by atoms with Gasteiger partial charge in [0.15, 0.2) is 0 Å². The molecule has 390 valence electrons. The largest absolute Gasteiger partial charge is 0.462 e. The summed E-state index contributed by atoms with van der Waals surface area (Å²) in [5.74, 6) is -0.467. The summed E-state index contributed by atoms with van der Waals surface area (Å²) in [4.78, 5) is 26.3. The van der Waals surface area contributed by atoms with E-state index in [1.807, 2.05) is 0 Å². The van der Waals surface area contributed by atoms with Crippen LogP contribution in [0.4, 0.5) is 0 Å². The van der Waals surface area contributed by atoms with Gasteiger partial charge in [0, 0.05) is 6.42 Å². The quantitative estimate of drug-likeness (QED) is 0.0321. The van der Waals surface area contributed by atoms with E-state index >= 15 is 0 Å². The molecule has 0 rings (SSSR count). The monoisotopic (exact) mass is 930 g/mol. The lowest BCUT2D eigenvalue weighted by atomic mass is 10.0. The first kappa shape index (κ1) is 64.3. The van der Waals surface area contributed by atoms with Crippen molar-refractivity contribution < 1.29 is 24.5 Å². The van der Waals surface area contributed by atoms with E-state index in [1.54, 1.807) is 0 Å². The molecule has 3 N–H and O–H groups in total. The number of hydrogen-bond donors (Lipinski definition) is 3. The molecule has 3 atom stereocenters. The number of allylic oxidation sites excluding steroid dienone is 4. The number of amides is 1. The highest BCUT2D eigenvalue weighted by atomic mass is 16.5. The molecule has 0 aliphatic heterocycles. The van der Waals surface area contributed by atoms with Crippen LogP contribution in [0.5, 0.6) is 0 Å². The Morgan fingerprint density at radius 1 is 0.439 bits per heavy atom. The maximum atomic E-state index is 13.3. The van der Waals surface area contributed by atoms with Crippen molar-refractivity contribution >= 4 is 11.9 Å². The van der Waals surface area contributed by atoms with Crippen LogP contribution in [-0.2, 0) is 14.3 Å². The number of aliphatic hydroxyl groups is 2. The second-order valence-corrected chi connectivity index (χ2v) is 20.4. The van der Waals surface area contributed by atoms with Gasteiger partial charge in [-0.3, -0.25) is 9.59 Å². The van der Waals surface area contributed by atoms with Gasteiger partial charge in [-0.05, 0) is 57.8 Å². The van der Waals surface area contributed by atoms with Crippen LogP contribution in [0.3, 0.4) is 0 Å². The van der Waals surface area contributed by atoms with Crippen LogP contribution in [0.15, 0.2) is 24.3 Å². The molecular formula is C60H115NO5. The lowest BCUT2D eigenvalue weighted by molar-refractivity contribution is -0.151. The van der Waals surface area contributed by atoms with Crippen LogP contribution in [0, 0.1) is 0 Å². The molecule has 0 saturated heterocycles. The third-order valence-corrected chi connectivity index (χ3v) is 13.8. The summed E-state index contributed by atoms with van der Waals surface area (Å²) < 4.78 is 5.97. The summed E-state index contributed by atoms with van der Waals surface area (Å²) >= 11 is 0. The molecule has 3 unspecified atom stereocenters. The fourth-order valence-electron chi connectivity index (χ4n) is 9.29. The van der Waals surface area contributed by atoms with Crippen molar-refractivity contribution in [1.82, 2.24) is 5.32 Å². The van der Waals surface area contributed by atoms with Crippen molar-refractivity contribution in [3.8, 4) is 0 Å². The zero-order valence-corrected chi connectivity index (χ0v) is 44.6. The maximum Gasteiger partial charge on any atom is 0.306 e. The Hall–Kier alpha value is -1.66. The van der Waals surface area contributed by atoms with Crippen LogP contribution in [0.1, 0.15) is 323 Å². The molecule has 0 radical (unpaired) electrons. The van der Waals surface area contributed by atoms with E-state index in [4.69, 9.17) is 4.74 Å². The Morgan fingerprint density at radius 2 is 0.773 bits per heavy atom. The van der Waals surface area contributed by atoms with Crippen molar-refractivity contribution in [3.05, 3.63) is 24.3 Å². The van der Waals surface area contributed by atoms with E-state index in [2.05, 4.69) is 50.4 Å². The minimum Gasteiger partial charge on any atom is -0.462 e. The standard InChI is InChI=1S/C60H115NO5/c1-4-7-10-13-16-19-22-25-27-28-29-30-32-35-38-41-44-47-50-53-60(65)66-56(51-48-45-42-39-36-34-31-26-23-20-17-14-11-8-5-2)54-59(64)61-57(55-62)58(63)52-49-46-43-40-37-33-24-21-18-15-12-9-6-3/h17,20,26,31,56-58,62-63H,4-16,18-19,21-25,27-30,32-55H2,1-3H3,(H,61,64)/b20-17-,31-26-. The number of unbranched alkanes of at least 4 members (excludes halogenated alkanes) is 38. The molecule has 0 bridgehead atoms. The summed E-state index contributed by atoms with van der Waals surface area (Å²) in [6.45, 7) is 6.50. The van der Waals surface area contributed by atoms with Crippen molar-refractivity contribution in [2.45, 2.75) is 341 Å². The second-order valence-electron chi connectivity index (χ2n) is 20.4. The van der Waals surface area contributed by atoms with Crippen LogP contribution in [-0.4, -0.2) is 46.9 Å². The van der Waals surface area contributed by atoms with Crippen molar-refractivity contribution in [2.24, 2.45) is 0 Å². The maximum absolute atomic E-state index is 13.3. The van der Waals surface area contributed by atoms with Gasteiger partial charge in [-0.15, -0.1) is 0 Å². The average Bonchev–Trinajstić information content (AvgIpc) is 3.31. The molecule has 0 aromatic rings. The Bertz CT molecular complexity index is 1040. The number of aliphatic hydroxyl groups excluding tert-OH is 2. The summed E-state index contributed by atoms with van der Waals surface area (Å²) in [5, 5.41) is 23.9. The molecule has 0 aromatic carbocycles. The Labute approximate surface area is 411 Å². The lowest BCUT2D eigenvalue weighted by Gasteiger charge is -2.24. The molecule has 0 aliphatic rings. The van der Waals surface area contributed by atoms with Crippen LogP contribution >= 0.6 is 0 Å². The highest BCUT2D eigenvalue weighted by molar-refractivity contribution is 5.77. The van der Waals surface area contributed by atoms with Gasteiger partial charge in [-0.2, -0.15) is 0 Å². The molecule has 0 saturated carbocycles. The van der Waals surface area contributed by atoms with Gasteiger partial charge in [0.1, 0.15) is 6.10 Å². The normalized spacial score (nSPS) is 13.2. The zero-order chi connectivity index (χ0) is 48.1. The molecule has 6 nitrogen and oxygen atoms in total. The second kappa shape index (κ2) is 54.3. The molecule has 66 heavy (non-hydrogen) atoms. The average molecular weight is 931 g/mol. The third-order valence-electron chi connectivity index (χ3n) is 13.8. The number of ether oxygens (including phenoxy) is 1. The molecule has 1 amide bonds. The molecule has 0 aliphatic carbocycles. The highest BCUT2D eigenvalue weighted by Crippen LogP contribution is 2.19. The first-order chi connectivity index (χ1) is 32.5. The molecule has 6 heteroatoms. The van der Waals surface area contributed by atoms with Gasteiger partial charge in [-0.25, -0.2) is 0 Å². The lowest BCUT2D eigenvalue weighted by Crippen LogP contribution is -2.46. The molecule has 0 fully saturated rings. The topological polar surface area (TPSA) is 95.9 Å². The molecule has 0 aromatic heterocycles. The van der Waals surface area contributed by atoms with Crippen LogP contribution in [0.2, 0.25) is 0 Å². The number of hydrogen-bond acceptors (Lipinski definition) is 5. The van der Waals surface area contributed by atoms with Gasteiger partial charge in [0.25, 0.3) is 0 Å². The first-order valence-corrected chi connectivity index (χ1v) is 29.6. The SMILES string of the molecule is CCCCC/C=C\C/C=C\CCCCCCCC(CC(=O)NC(CO)C(O)CCCCCCCCCCCCCCC)OC(=O)CCCCCCCCCCCCCCCCCCCCC. The summed E-state index contributed by atoms with van der Waals surface area (Å²) in [7, 11) is 0. The van der Waals surface area contributed by atoms with E-state index in [-0.39, 0.29) is 24.9 Å². The fraction of sp³-hybridized carbons (Fsp3) is 0.900. The van der Waals surface area contributed by atoms with Gasteiger partial charge in [0.05, 0.1) is 25.2 Å². The Morgan fingerprint density at radius 3 is 1.18 bits per heavy atom. The Kier molecular flexibility index (Phi) is 52.9. The van der Waals surface area contributed by atoms with Crippen LogP contribution in [0.25, 0.3) is 0 Å². The van der Waals surface area contributed by atoms with Crippen LogP contribution < -0.4 is 5.32 Å². The number of esters is 1. The molecule has 0 heterocycles. The van der Waals surface area contributed by atoms with Gasteiger partial charge in [-0.1, -0.05) is 276 Å². The number of nitrogens with one attached hydrogen (secondary N) is 1. The van der Waals surface area contributed by atoms with E-state index in [0.29, 0.717) is 19.3 Å². The minimum atomic E-state index is -0.788. The smallest absolute Gasteiger partial charge is 0.306 e. The van der Waals surface area contributed by atoms with Gasteiger partial charge in [0.2, 0.25) is 5.91 Å². The predicted octanol–water partition coefficient (Wildman–Crippen LogP) is 18.2. The Balaban J connectivity index is 4.51. The number of carbonyl (C=O) groups excluding carboxylic acids is 2. The predicted molar refractivity (Wildman–Crippen MR) is 287 cm³/mol. The zero-order valence-electron chi connectivity index (χ0n) is 44.6. The summed E-state index contributed by atoms with van der Waals surface area (Å²) in [6.07, 6.45) is 63.9. The van der Waals surface area contributed by atoms with E-state index in [0.717, 1.165) is 64.2 Å². The first-order valence-electron chi connectivity index (χ1n) is 29.6. The highest BCUT2D eigenvalue weighted by Gasteiger charge is 2.24. The molecule has 0 spiro atoms. The minimum absolute atomic E-state index is 0.0741. The summed E-state index contributed by atoms with van der Waals surface area (Å²) in [6, 6.07) is -0.702. The summed E-state index contributed by atoms with van der Waals surface area (Å²) in [5.41, 5.74) is 0. The van der Waals surface area contributed by atoms with E-state index < -0.39 is 18.2 Å². The molecular weight excluding hydrogens is 815 g/mol. The number of rotatable bonds is 54. The van der Waals surface area contributed by atoms with Crippen molar-refractivity contribution in [3.63, 3.8) is 0 Å². The van der Waals surface area contributed by atoms with Gasteiger partial charge < -0.3 is 20.3 Å². The van der Waals surface area contributed by atoms with Crippen molar-refractivity contribution in [1.29, 1.82) is 0 Å². The fourth-order valence-corrected chi connectivity index (χ4v) is 9.29. The third kappa shape index (κ3) is 48.8. The number of carbonyl (C=O) groups is 2. The van der Waals surface area contributed by atoms with E-state index in [9.17, 15) is 19.8 Å². The van der Waals surface area contributed by atoms with E-state index in [1.165, 1.54) is 212 Å². The van der Waals surface area contributed by atoms with Gasteiger partial charge >= 0.3 is 5.97 Å².